The summed E-state index contributed by atoms with van der Waals surface area (Å²) >= 11 is 25.9. The Morgan fingerprint density at radius 2 is 1.06 bits per heavy atom. The van der Waals surface area contributed by atoms with E-state index >= 15 is 0 Å². The van der Waals surface area contributed by atoms with Crippen molar-refractivity contribution in [3.63, 3.8) is 0 Å². The molecule has 5 aromatic carbocycles. The fourth-order valence-corrected chi connectivity index (χ4v) is 8.51. The minimum atomic E-state index is 0.180. The van der Waals surface area contributed by atoms with Gasteiger partial charge in [0.1, 0.15) is 0 Å². The smallest absolute Gasteiger partial charge is 0.0142 e. The van der Waals surface area contributed by atoms with Gasteiger partial charge in [0.15, 0.2) is 0 Å². The molecule has 0 bridgehead atoms. The molecule has 248 valence electrons. The molecule has 0 fully saturated rings. The monoisotopic (exact) mass is 790 g/mol. The molecule has 0 radical (unpaired) electrons. The van der Waals surface area contributed by atoms with E-state index in [1.165, 1.54) is 68.0 Å². The fourth-order valence-electron chi connectivity index (χ4n) is 6.25. The van der Waals surface area contributed by atoms with Crippen molar-refractivity contribution in [3.8, 4) is 0 Å². The Morgan fingerprint density at radius 1 is 0.646 bits per heavy atom. The molecule has 0 spiro atoms. The van der Waals surface area contributed by atoms with Gasteiger partial charge in [0.05, 0.1) is 0 Å². The molecule has 0 nitrogen and oxygen atoms in total. The van der Waals surface area contributed by atoms with Gasteiger partial charge in [-0.2, -0.15) is 6.08 Å². The molecule has 1 aliphatic carbocycles. The van der Waals surface area contributed by atoms with Gasteiger partial charge in [0.2, 0.25) is 0 Å². The van der Waals surface area contributed by atoms with E-state index in [1.807, 2.05) is 38.1 Å². The number of aryl methyl sites for hydroxylation is 2. The summed E-state index contributed by atoms with van der Waals surface area (Å²) in [5, 5.41) is 8.13. The first kappa shape index (κ1) is 38.9. The van der Waals surface area contributed by atoms with E-state index in [0.29, 0.717) is 20.1 Å². The molecule has 0 aliphatic heterocycles. The maximum atomic E-state index is 6.21. The molecule has 5 aromatic rings. The summed E-state index contributed by atoms with van der Waals surface area (Å²) in [4.78, 5) is 0. The minimum absolute atomic E-state index is 0.180. The molecule has 0 atom stereocenters. The molecular weight excluding hydrogens is 750 g/mol. The SMILES string of the molecule is Cc1c(Cl)cc(Cl)cc1[C](=[Zr+2])c1cc(Cl)cc(Cl)c1C.Cc1cc2[cH-]c3cc(C)c(C(C)(C)C)cc3c2cc1C(C)(C)C.[C-]1=CC=CC1. The molecule has 48 heavy (non-hydrogen) atoms. The molecule has 5 heteroatoms. The van der Waals surface area contributed by atoms with Crippen LogP contribution >= 0.6 is 46.4 Å². The van der Waals surface area contributed by atoms with Crippen molar-refractivity contribution in [2.45, 2.75) is 86.5 Å². The van der Waals surface area contributed by atoms with Gasteiger partial charge in [-0.15, -0.1) is 46.2 Å². The number of allylic oxidation sites excluding steroid dienone is 4. The minimum Gasteiger partial charge on any atom is -0.273 e. The Balaban J connectivity index is 0.000000190. The van der Waals surface area contributed by atoms with Crippen molar-refractivity contribution in [2.75, 3.05) is 0 Å². The van der Waals surface area contributed by atoms with Crippen molar-refractivity contribution >= 4 is 71.2 Å². The molecule has 6 rings (SSSR count). The predicted octanol–water partition coefficient (Wildman–Crippen LogP) is 14.3. The van der Waals surface area contributed by atoms with E-state index in [0.717, 1.165) is 31.9 Å². The summed E-state index contributed by atoms with van der Waals surface area (Å²) < 4.78 is 1.14. The van der Waals surface area contributed by atoms with Crippen LogP contribution in [0.2, 0.25) is 20.1 Å². The zero-order chi connectivity index (χ0) is 35.7. The van der Waals surface area contributed by atoms with Crippen molar-refractivity contribution in [1.82, 2.24) is 0 Å². The van der Waals surface area contributed by atoms with E-state index in [-0.39, 0.29) is 10.8 Å². The van der Waals surface area contributed by atoms with Crippen molar-refractivity contribution < 1.29 is 24.2 Å². The average molecular weight is 794 g/mol. The molecule has 0 heterocycles. The summed E-state index contributed by atoms with van der Waals surface area (Å²) in [7, 11) is 0. The van der Waals surface area contributed by atoms with Crippen LogP contribution < -0.4 is 0 Å². The second-order valence-corrected chi connectivity index (χ2v) is 17.6. The molecule has 0 saturated heterocycles. The first-order valence-electron chi connectivity index (χ1n) is 16.2. The summed E-state index contributed by atoms with van der Waals surface area (Å²) in [5.41, 5.74) is 10.2. The number of hydrogen-bond acceptors (Lipinski definition) is 0. The Bertz CT molecular complexity index is 1920. The molecule has 1 aliphatic rings. The quantitative estimate of drug-likeness (QED) is 0.156. The molecular formula is C43H44Cl4Zr. The third kappa shape index (κ3) is 9.08. The van der Waals surface area contributed by atoms with Crippen LogP contribution in [0.4, 0.5) is 0 Å². The van der Waals surface area contributed by atoms with Gasteiger partial charge < -0.3 is 0 Å². The fraction of sp³-hybridized carbons (Fsp3) is 0.302. The first-order chi connectivity index (χ1) is 22.3. The number of benzene rings is 4. The van der Waals surface area contributed by atoms with Crippen LogP contribution in [0.5, 0.6) is 0 Å². The zero-order valence-corrected chi connectivity index (χ0v) is 35.1. The van der Waals surface area contributed by atoms with Gasteiger partial charge >= 0.3 is 154 Å². The second-order valence-electron chi connectivity index (χ2n) is 14.7. The Hall–Kier alpha value is -1.86. The van der Waals surface area contributed by atoms with Gasteiger partial charge in [-0.05, 0) is 24.7 Å². The summed E-state index contributed by atoms with van der Waals surface area (Å²) in [6.07, 6.45) is 10.0. The average Bonchev–Trinajstić information content (AvgIpc) is 3.66. The maximum absolute atomic E-state index is 6.21. The van der Waals surface area contributed by atoms with Crippen LogP contribution in [-0.2, 0) is 35.1 Å². The Labute approximate surface area is 322 Å². The normalized spacial score (nSPS) is 12.7. The first-order valence-corrected chi connectivity index (χ1v) is 18.9. The van der Waals surface area contributed by atoms with Gasteiger partial charge in [-0.25, -0.2) is 12.2 Å². The van der Waals surface area contributed by atoms with Crippen molar-refractivity contribution in [1.29, 1.82) is 0 Å². The van der Waals surface area contributed by atoms with E-state index in [1.54, 1.807) is 12.1 Å². The van der Waals surface area contributed by atoms with E-state index < -0.39 is 0 Å². The van der Waals surface area contributed by atoms with Crippen molar-refractivity contribution in [2.24, 2.45) is 0 Å². The zero-order valence-electron chi connectivity index (χ0n) is 29.6. The number of hydrogen-bond donors (Lipinski definition) is 0. The van der Waals surface area contributed by atoms with Crippen molar-refractivity contribution in [3.05, 3.63) is 143 Å². The van der Waals surface area contributed by atoms with Crippen LogP contribution in [0.1, 0.15) is 92.5 Å². The molecule has 0 unspecified atom stereocenters. The van der Waals surface area contributed by atoms with Gasteiger partial charge in [-0.1, -0.05) is 75.9 Å². The van der Waals surface area contributed by atoms with E-state index in [4.69, 9.17) is 46.4 Å². The van der Waals surface area contributed by atoms with E-state index in [2.05, 4.69) is 97.9 Å². The third-order valence-corrected chi connectivity index (χ3v) is 11.3. The van der Waals surface area contributed by atoms with Gasteiger partial charge in [0, 0.05) is 0 Å². The predicted molar refractivity (Wildman–Crippen MR) is 211 cm³/mol. The topological polar surface area (TPSA) is 0 Å². The largest absolute Gasteiger partial charge is 0.273 e. The standard InChI is InChI=1S/C23H29.C15H10Cl4.C5H5.Zr/c1-14-9-16-11-17-10-15(2)21(23(6,7)8)13-19(17)18(16)12-20(14)22(3,4)5;1-8-10(4-12(16)6-14(8)18)3-11-5-13(17)7-15(19)9(11)2;1-2-4-5-3-1;/h9-13H,1-8H3;4-7H,1-2H3;1-3H,4H2;/q-1;;-1;+2. The molecule has 0 amide bonds. The maximum Gasteiger partial charge on any atom is -0.0142 e. The van der Waals surface area contributed by atoms with Crippen LogP contribution in [0.25, 0.3) is 21.5 Å². The van der Waals surface area contributed by atoms with Gasteiger partial charge in [0.25, 0.3) is 0 Å². The Kier molecular flexibility index (Phi) is 12.6. The second kappa shape index (κ2) is 15.6. The summed E-state index contributed by atoms with van der Waals surface area (Å²) in [6.45, 7) is 22.3. The van der Waals surface area contributed by atoms with Crippen LogP contribution in [-0.4, -0.2) is 3.21 Å². The summed E-state index contributed by atoms with van der Waals surface area (Å²) in [5.74, 6) is 0. The molecule has 0 saturated carbocycles. The number of halogens is 4. The van der Waals surface area contributed by atoms with Gasteiger partial charge in [-0.3, -0.25) is 6.08 Å². The van der Waals surface area contributed by atoms with Crippen LogP contribution in [0.15, 0.2) is 72.8 Å². The van der Waals surface area contributed by atoms with E-state index in [9.17, 15) is 0 Å². The third-order valence-electron chi connectivity index (χ3n) is 8.75. The van der Waals surface area contributed by atoms with Crippen LogP contribution in [0, 0.1) is 33.8 Å². The Morgan fingerprint density at radius 3 is 1.38 bits per heavy atom. The summed E-state index contributed by atoms with van der Waals surface area (Å²) in [6, 6.07) is 19.3. The number of fused-ring (bicyclic) bond motifs is 3. The molecule has 0 N–H and O–H groups in total. The number of rotatable bonds is 2. The molecule has 0 aromatic heterocycles. The van der Waals surface area contributed by atoms with Crippen LogP contribution in [0.3, 0.4) is 0 Å².